The average Bonchev–Trinajstić information content (AvgIpc) is 3.27. The lowest BCUT2D eigenvalue weighted by atomic mass is 10.1. The van der Waals surface area contributed by atoms with Gasteiger partial charge in [0.25, 0.3) is 11.8 Å². The van der Waals surface area contributed by atoms with Crippen LogP contribution in [0.25, 0.3) is 16.9 Å². The summed E-state index contributed by atoms with van der Waals surface area (Å²) < 4.78 is 1.50. The molecular weight excluding hydrogens is 416 g/mol. The highest BCUT2D eigenvalue weighted by molar-refractivity contribution is 5.99. The molecule has 3 N–H and O–H groups in total. The molecule has 2 heterocycles. The van der Waals surface area contributed by atoms with Crippen LogP contribution in [0.2, 0.25) is 0 Å². The van der Waals surface area contributed by atoms with Crippen LogP contribution in [0.1, 0.15) is 33.0 Å². The summed E-state index contributed by atoms with van der Waals surface area (Å²) in [7, 11) is 2.06. The first-order valence-corrected chi connectivity index (χ1v) is 10.8. The van der Waals surface area contributed by atoms with Crippen molar-refractivity contribution in [3.63, 3.8) is 0 Å². The number of carbonyl (C=O) groups is 2. The minimum atomic E-state index is -0.692. The van der Waals surface area contributed by atoms with Gasteiger partial charge in [0.2, 0.25) is 0 Å². The fourth-order valence-electron chi connectivity index (χ4n) is 3.69. The number of nitrogens with zero attached hydrogens (tertiary/aromatic N) is 4. The Hall–Kier alpha value is -4.04. The van der Waals surface area contributed by atoms with E-state index in [0.29, 0.717) is 17.9 Å². The molecule has 2 amide bonds. The zero-order valence-corrected chi connectivity index (χ0v) is 18.4. The number of aromatic nitrogens is 3. The lowest BCUT2D eigenvalue weighted by Crippen LogP contribution is -2.29. The summed E-state index contributed by atoms with van der Waals surface area (Å²) >= 11 is 0. The van der Waals surface area contributed by atoms with E-state index in [0.717, 1.165) is 25.1 Å². The number of carbonyl (C=O) groups excluding carboxylic acids is 2. The lowest BCUT2D eigenvalue weighted by Gasteiger charge is -2.17. The molecule has 0 saturated heterocycles. The first kappa shape index (κ1) is 22.2. The standard InChI is InChI=1S/C25H26N6O2/c1-30(16-18-9-4-2-5-10-18)14-8-13-27-25(33)21-15-20(19-11-6-3-7-12-19)29-24-22(23(26)32)28-17-31(21)24/h2-7,9-12,15,17H,8,13-14,16H2,1H3,(H2,26,32)(H,27,33). The van der Waals surface area contributed by atoms with Gasteiger partial charge in [0.05, 0.1) is 5.69 Å². The zero-order chi connectivity index (χ0) is 23.2. The second kappa shape index (κ2) is 10.1. The van der Waals surface area contributed by atoms with E-state index in [-0.39, 0.29) is 17.2 Å². The number of amides is 2. The van der Waals surface area contributed by atoms with Crippen LogP contribution < -0.4 is 11.1 Å². The average molecular weight is 443 g/mol. The molecule has 0 saturated carbocycles. The molecule has 0 bridgehead atoms. The van der Waals surface area contributed by atoms with E-state index >= 15 is 0 Å². The van der Waals surface area contributed by atoms with E-state index in [4.69, 9.17) is 5.73 Å². The van der Waals surface area contributed by atoms with E-state index in [1.165, 1.54) is 16.3 Å². The van der Waals surface area contributed by atoms with Gasteiger partial charge in [-0.05, 0) is 31.6 Å². The smallest absolute Gasteiger partial charge is 0.271 e. The molecule has 0 radical (unpaired) electrons. The fourth-order valence-corrected chi connectivity index (χ4v) is 3.69. The SMILES string of the molecule is CN(CCCNC(=O)c1cc(-c2ccccc2)nc2c(C(N)=O)ncn12)Cc1ccccc1. The van der Waals surface area contributed by atoms with Gasteiger partial charge in [-0.2, -0.15) is 0 Å². The van der Waals surface area contributed by atoms with Crippen LogP contribution in [0.5, 0.6) is 0 Å². The Morgan fingerprint density at radius 2 is 1.76 bits per heavy atom. The summed E-state index contributed by atoms with van der Waals surface area (Å²) in [6.07, 6.45) is 2.20. The Bertz CT molecular complexity index is 1250. The lowest BCUT2D eigenvalue weighted by molar-refractivity contribution is 0.0943. The Kier molecular flexibility index (Phi) is 6.75. The number of nitrogens with two attached hydrogens (primary N) is 1. The number of fused-ring (bicyclic) bond motifs is 1. The highest BCUT2D eigenvalue weighted by atomic mass is 16.2. The van der Waals surface area contributed by atoms with Crippen LogP contribution >= 0.6 is 0 Å². The normalized spacial score (nSPS) is 11.1. The molecular formula is C25H26N6O2. The maximum absolute atomic E-state index is 13.0. The van der Waals surface area contributed by atoms with Gasteiger partial charge >= 0.3 is 0 Å². The van der Waals surface area contributed by atoms with Crippen LogP contribution in [0.15, 0.2) is 73.1 Å². The summed E-state index contributed by atoms with van der Waals surface area (Å²) in [5.74, 6) is -0.957. The van der Waals surface area contributed by atoms with Crippen LogP contribution in [-0.4, -0.2) is 51.2 Å². The molecule has 168 valence electrons. The molecule has 0 aliphatic carbocycles. The van der Waals surface area contributed by atoms with Crippen molar-refractivity contribution in [3.8, 4) is 11.3 Å². The summed E-state index contributed by atoms with van der Waals surface area (Å²) in [4.78, 5) is 35.7. The molecule has 0 atom stereocenters. The largest absolute Gasteiger partial charge is 0.364 e. The number of rotatable bonds is 9. The van der Waals surface area contributed by atoms with Crippen molar-refractivity contribution in [2.24, 2.45) is 5.73 Å². The van der Waals surface area contributed by atoms with Gasteiger partial charge in [0.1, 0.15) is 12.0 Å². The quantitative estimate of drug-likeness (QED) is 0.388. The molecule has 4 aromatic rings. The van der Waals surface area contributed by atoms with Gasteiger partial charge in [0, 0.05) is 18.7 Å². The number of hydrogen-bond donors (Lipinski definition) is 2. The monoisotopic (exact) mass is 442 g/mol. The summed E-state index contributed by atoms with van der Waals surface area (Å²) in [5, 5.41) is 2.97. The Morgan fingerprint density at radius 3 is 2.45 bits per heavy atom. The van der Waals surface area contributed by atoms with Gasteiger partial charge in [-0.25, -0.2) is 9.97 Å². The maximum atomic E-state index is 13.0. The van der Waals surface area contributed by atoms with Crippen LogP contribution in [-0.2, 0) is 6.54 Å². The predicted molar refractivity (Wildman–Crippen MR) is 127 cm³/mol. The molecule has 2 aromatic carbocycles. The molecule has 0 unspecified atom stereocenters. The van der Waals surface area contributed by atoms with E-state index in [2.05, 4.69) is 39.4 Å². The molecule has 33 heavy (non-hydrogen) atoms. The number of primary amides is 1. The number of nitrogens with one attached hydrogen (secondary N) is 1. The molecule has 8 heteroatoms. The zero-order valence-electron chi connectivity index (χ0n) is 18.4. The van der Waals surface area contributed by atoms with Gasteiger partial charge in [-0.1, -0.05) is 60.7 Å². The maximum Gasteiger partial charge on any atom is 0.271 e. The third-order valence-electron chi connectivity index (χ3n) is 5.33. The summed E-state index contributed by atoms with van der Waals surface area (Å²) in [6.45, 7) is 2.21. The van der Waals surface area contributed by atoms with Crippen LogP contribution in [0, 0.1) is 0 Å². The Labute approximate surface area is 192 Å². The van der Waals surface area contributed by atoms with E-state index < -0.39 is 5.91 Å². The number of imidazole rings is 1. The molecule has 4 rings (SSSR count). The van der Waals surface area contributed by atoms with Crippen LogP contribution in [0.4, 0.5) is 0 Å². The van der Waals surface area contributed by atoms with Crippen molar-refractivity contribution in [1.82, 2.24) is 24.6 Å². The number of benzene rings is 2. The van der Waals surface area contributed by atoms with Crippen molar-refractivity contribution in [2.75, 3.05) is 20.1 Å². The molecule has 2 aromatic heterocycles. The minimum Gasteiger partial charge on any atom is -0.364 e. The van der Waals surface area contributed by atoms with Crippen molar-refractivity contribution in [1.29, 1.82) is 0 Å². The van der Waals surface area contributed by atoms with Crippen molar-refractivity contribution < 1.29 is 9.59 Å². The Balaban J connectivity index is 1.47. The first-order valence-electron chi connectivity index (χ1n) is 10.8. The Morgan fingerprint density at radius 1 is 1.06 bits per heavy atom. The second-order valence-electron chi connectivity index (χ2n) is 7.88. The van der Waals surface area contributed by atoms with Crippen molar-refractivity contribution in [3.05, 3.63) is 90.0 Å². The summed E-state index contributed by atoms with van der Waals surface area (Å²) in [5.41, 5.74) is 8.74. The van der Waals surface area contributed by atoms with E-state index in [9.17, 15) is 9.59 Å². The predicted octanol–water partition coefficient (Wildman–Crippen LogP) is 2.75. The van der Waals surface area contributed by atoms with E-state index in [1.807, 2.05) is 48.5 Å². The molecule has 0 aliphatic heterocycles. The molecule has 0 fully saturated rings. The highest BCUT2D eigenvalue weighted by Gasteiger charge is 2.19. The van der Waals surface area contributed by atoms with Gasteiger partial charge < -0.3 is 16.0 Å². The van der Waals surface area contributed by atoms with Crippen molar-refractivity contribution >= 4 is 17.5 Å². The summed E-state index contributed by atoms with van der Waals surface area (Å²) in [6, 6.07) is 21.4. The minimum absolute atomic E-state index is 0.0318. The van der Waals surface area contributed by atoms with Gasteiger partial charge in [0.15, 0.2) is 11.3 Å². The highest BCUT2D eigenvalue weighted by Crippen LogP contribution is 2.21. The second-order valence-corrected chi connectivity index (χ2v) is 7.88. The first-order chi connectivity index (χ1) is 16.0. The fraction of sp³-hybridized carbons (Fsp3) is 0.200. The van der Waals surface area contributed by atoms with Crippen molar-refractivity contribution in [2.45, 2.75) is 13.0 Å². The van der Waals surface area contributed by atoms with E-state index in [1.54, 1.807) is 6.07 Å². The molecule has 0 spiro atoms. The third-order valence-corrected chi connectivity index (χ3v) is 5.33. The third kappa shape index (κ3) is 5.24. The molecule has 0 aliphatic rings. The van der Waals surface area contributed by atoms with Gasteiger partial charge in [-0.15, -0.1) is 0 Å². The number of hydrogen-bond acceptors (Lipinski definition) is 5. The molecule has 8 nitrogen and oxygen atoms in total. The van der Waals surface area contributed by atoms with Gasteiger partial charge in [-0.3, -0.25) is 14.0 Å². The topological polar surface area (TPSA) is 106 Å². The van der Waals surface area contributed by atoms with Crippen LogP contribution in [0.3, 0.4) is 0 Å².